The highest BCUT2D eigenvalue weighted by Crippen LogP contribution is 2.47. The second-order valence-electron chi connectivity index (χ2n) is 13.7. The molecule has 1 aliphatic heterocycles. The maximum absolute atomic E-state index is 13.1. The topological polar surface area (TPSA) is 170 Å². The van der Waals surface area contributed by atoms with E-state index in [9.17, 15) is 19.8 Å². The molecule has 13 heteroatoms. The van der Waals surface area contributed by atoms with E-state index in [0.717, 1.165) is 22.3 Å². The highest BCUT2D eigenvalue weighted by atomic mass is 16.5. The summed E-state index contributed by atoms with van der Waals surface area (Å²) in [6.07, 6.45) is -3.06. The Labute approximate surface area is 317 Å². The predicted octanol–water partition coefficient (Wildman–Crippen LogP) is 5.32. The quantitative estimate of drug-likeness (QED) is 0.114. The van der Waals surface area contributed by atoms with Crippen LogP contribution in [-0.2, 0) is 14.9 Å². The van der Waals surface area contributed by atoms with E-state index in [1.165, 1.54) is 10.9 Å². The van der Waals surface area contributed by atoms with Gasteiger partial charge in [-0.1, -0.05) is 80.6 Å². The van der Waals surface area contributed by atoms with Crippen LogP contribution in [0.1, 0.15) is 54.7 Å². The molecule has 4 atom stereocenters. The van der Waals surface area contributed by atoms with Crippen molar-refractivity contribution in [2.24, 2.45) is 0 Å². The fraction of sp³-hybridized carbons (Fsp3) is 0.286. The number of benzene rings is 4. The molecule has 1 unspecified atom stereocenters. The van der Waals surface area contributed by atoms with Crippen LogP contribution >= 0.6 is 0 Å². The van der Waals surface area contributed by atoms with Gasteiger partial charge in [-0.05, 0) is 64.6 Å². The van der Waals surface area contributed by atoms with E-state index in [1.807, 2.05) is 91.0 Å². The minimum Gasteiger partial charge on any atom is -0.497 e. The number of nitrogens with one attached hydrogen (secondary N) is 2. The number of carbonyl (C=O) groups excluding carboxylic acids is 1. The molecular weight excluding hydrogens is 702 g/mol. The van der Waals surface area contributed by atoms with Crippen LogP contribution in [0.5, 0.6) is 17.2 Å². The number of aromatic nitrogens is 4. The Morgan fingerprint density at radius 2 is 1.49 bits per heavy atom. The lowest BCUT2D eigenvalue weighted by molar-refractivity contribution is -0.118. The fourth-order valence-electron chi connectivity index (χ4n) is 7.26. The number of carbonyl (C=O) groups is 1. The van der Waals surface area contributed by atoms with Crippen molar-refractivity contribution in [3.63, 3.8) is 0 Å². The van der Waals surface area contributed by atoms with Gasteiger partial charge in [0.25, 0.3) is 11.5 Å². The zero-order chi connectivity index (χ0) is 38.7. The number of H-pyrrole nitrogens is 1. The molecule has 0 radical (unpaired) electrons. The van der Waals surface area contributed by atoms with Crippen LogP contribution in [0.25, 0.3) is 11.2 Å². The normalized spacial score (nSPS) is 17.6. The molecule has 1 fully saturated rings. The molecule has 1 aliphatic rings. The SMILES string of the molecule is COc1ccc(C(c2ccccc2)(c2ccc(OC)cc2)C(O)[C@H]2O[C@@H](n3cnc4c(=O)[nH]c(NC(=O)COc5ccc(C(C)C)cc5)nc43)C[C@@H]2O)cc1. The van der Waals surface area contributed by atoms with Gasteiger partial charge in [0, 0.05) is 6.42 Å². The molecular formula is C42H43N5O8. The summed E-state index contributed by atoms with van der Waals surface area (Å²) in [4.78, 5) is 37.3. The van der Waals surface area contributed by atoms with Gasteiger partial charge in [-0.25, -0.2) is 4.98 Å². The third-order valence-corrected chi connectivity index (χ3v) is 10.1. The second-order valence-corrected chi connectivity index (χ2v) is 13.7. The van der Waals surface area contributed by atoms with Crippen molar-refractivity contribution in [3.05, 3.63) is 142 Å². The second kappa shape index (κ2) is 15.8. The maximum atomic E-state index is 13.1. The molecule has 0 spiro atoms. The van der Waals surface area contributed by atoms with Crippen LogP contribution < -0.4 is 25.1 Å². The number of hydrogen-bond acceptors (Lipinski definition) is 10. The molecule has 55 heavy (non-hydrogen) atoms. The Balaban J connectivity index is 1.19. The first-order valence-electron chi connectivity index (χ1n) is 18.0. The molecule has 13 nitrogen and oxygen atoms in total. The number of imidazole rings is 1. The van der Waals surface area contributed by atoms with Gasteiger partial charge in [0.05, 0.1) is 32.1 Å². The Bertz CT molecular complexity index is 2240. The van der Waals surface area contributed by atoms with Gasteiger partial charge in [0.1, 0.15) is 35.7 Å². The Kier molecular flexibility index (Phi) is 10.7. The lowest BCUT2D eigenvalue weighted by Crippen LogP contribution is -2.51. The number of nitrogens with zero attached hydrogens (tertiary/aromatic N) is 3. The van der Waals surface area contributed by atoms with Crippen molar-refractivity contribution in [3.8, 4) is 17.2 Å². The highest BCUT2D eigenvalue weighted by Gasteiger charge is 2.52. The largest absolute Gasteiger partial charge is 0.497 e. The summed E-state index contributed by atoms with van der Waals surface area (Å²) in [7, 11) is 3.17. The third kappa shape index (κ3) is 7.29. The molecule has 2 aromatic heterocycles. The summed E-state index contributed by atoms with van der Waals surface area (Å²) >= 11 is 0. The van der Waals surface area contributed by atoms with Gasteiger partial charge < -0.3 is 29.2 Å². The molecule has 284 valence electrons. The zero-order valence-corrected chi connectivity index (χ0v) is 30.9. The van der Waals surface area contributed by atoms with E-state index in [0.29, 0.717) is 23.2 Å². The number of aromatic amines is 1. The van der Waals surface area contributed by atoms with Crippen LogP contribution in [0.15, 0.2) is 114 Å². The molecule has 7 rings (SSSR count). The zero-order valence-electron chi connectivity index (χ0n) is 30.9. The standard InChI is InChI=1S/C42H43N5O8/c1-25(2)26-10-16-32(17-11-26)54-23-34(49)44-41-45-39-36(40(51)46-41)43-24-47(39)35-22-33(48)37(55-35)38(50)42(27-8-6-5-7-9-27,28-12-18-30(52-3)19-13-28)29-14-20-31(53-4)21-15-29/h5-21,24-25,33,35,37-38,48,50H,22-23H2,1-4H3,(H2,44,45,46,49,51)/t33-,35+,37-,38?/m0/s1. The third-order valence-electron chi connectivity index (χ3n) is 10.1. The minimum atomic E-state index is -1.35. The molecule has 6 aromatic rings. The van der Waals surface area contributed by atoms with Crippen molar-refractivity contribution >= 4 is 23.0 Å². The molecule has 0 aliphatic carbocycles. The highest BCUT2D eigenvalue weighted by molar-refractivity contribution is 5.90. The first-order chi connectivity index (χ1) is 26.6. The van der Waals surface area contributed by atoms with E-state index in [4.69, 9.17) is 18.9 Å². The number of aliphatic hydroxyl groups excluding tert-OH is 2. The first-order valence-corrected chi connectivity index (χ1v) is 18.0. The molecule has 1 amide bonds. The van der Waals surface area contributed by atoms with E-state index < -0.39 is 41.4 Å². The maximum Gasteiger partial charge on any atom is 0.280 e. The molecule has 0 bridgehead atoms. The smallest absolute Gasteiger partial charge is 0.280 e. The van der Waals surface area contributed by atoms with Crippen LogP contribution in [0.4, 0.5) is 5.95 Å². The summed E-state index contributed by atoms with van der Waals surface area (Å²) in [5.74, 6) is 1.52. The van der Waals surface area contributed by atoms with Gasteiger partial charge >= 0.3 is 0 Å². The van der Waals surface area contributed by atoms with E-state index in [1.54, 1.807) is 26.4 Å². The number of aliphatic hydroxyl groups is 2. The monoisotopic (exact) mass is 745 g/mol. The first kappa shape index (κ1) is 37.3. The number of hydrogen-bond donors (Lipinski definition) is 4. The van der Waals surface area contributed by atoms with Crippen molar-refractivity contribution in [2.45, 2.75) is 56.1 Å². The molecule has 3 heterocycles. The van der Waals surface area contributed by atoms with Gasteiger partial charge in [0.2, 0.25) is 5.95 Å². The summed E-state index contributed by atoms with van der Waals surface area (Å²) in [5.41, 5.74) is 1.67. The van der Waals surface area contributed by atoms with Gasteiger partial charge in [-0.3, -0.25) is 24.5 Å². The number of ether oxygens (including phenoxy) is 4. The number of methoxy groups -OCH3 is 2. The molecule has 1 saturated heterocycles. The Morgan fingerprint density at radius 1 is 0.909 bits per heavy atom. The predicted molar refractivity (Wildman–Crippen MR) is 206 cm³/mol. The van der Waals surface area contributed by atoms with Gasteiger partial charge in [0.15, 0.2) is 17.8 Å². The fourth-order valence-corrected chi connectivity index (χ4v) is 7.26. The van der Waals surface area contributed by atoms with Crippen molar-refractivity contribution in [1.29, 1.82) is 0 Å². The van der Waals surface area contributed by atoms with Crippen LogP contribution in [0.3, 0.4) is 0 Å². The van der Waals surface area contributed by atoms with Crippen molar-refractivity contribution in [2.75, 3.05) is 26.1 Å². The summed E-state index contributed by atoms with van der Waals surface area (Å²) in [6, 6.07) is 31.9. The van der Waals surface area contributed by atoms with E-state index in [2.05, 4.69) is 34.1 Å². The average Bonchev–Trinajstić information content (AvgIpc) is 3.82. The number of rotatable bonds is 13. The minimum absolute atomic E-state index is 0.0108. The van der Waals surface area contributed by atoms with Crippen molar-refractivity contribution in [1.82, 2.24) is 19.5 Å². The number of anilines is 1. The lowest BCUT2D eigenvalue weighted by Gasteiger charge is -2.43. The average molecular weight is 746 g/mol. The summed E-state index contributed by atoms with van der Waals surface area (Å²) < 4.78 is 24.6. The molecule has 4 N–H and O–H groups in total. The Hall–Kier alpha value is -6.02. The van der Waals surface area contributed by atoms with Crippen LogP contribution in [0.2, 0.25) is 0 Å². The summed E-state index contributed by atoms with van der Waals surface area (Å²) in [6.45, 7) is 3.87. The Morgan fingerprint density at radius 3 is 2.07 bits per heavy atom. The lowest BCUT2D eigenvalue weighted by atomic mass is 9.64. The van der Waals surface area contributed by atoms with Crippen molar-refractivity contribution < 1.29 is 34.0 Å². The van der Waals surface area contributed by atoms with Gasteiger partial charge in [-0.15, -0.1) is 0 Å². The van der Waals surface area contributed by atoms with E-state index in [-0.39, 0.29) is 30.1 Å². The van der Waals surface area contributed by atoms with Crippen LogP contribution in [-0.4, -0.2) is 74.8 Å². The molecule has 0 saturated carbocycles. The van der Waals surface area contributed by atoms with E-state index >= 15 is 0 Å². The number of amides is 1. The molecule has 4 aromatic carbocycles. The van der Waals surface area contributed by atoms with Crippen LogP contribution in [0, 0.1) is 0 Å². The van der Waals surface area contributed by atoms with Gasteiger partial charge in [-0.2, -0.15) is 4.98 Å². The summed E-state index contributed by atoms with van der Waals surface area (Å²) in [5, 5.41) is 27.0. The number of fused-ring (bicyclic) bond motifs is 1.